The summed E-state index contributed by atoms with van der Waals surface area (Å²) in [5, 5.41) is 26.3. The van der Waals surface area contributed by atoms with E-state index >= 15 is 0 Å². The molecule has 21 heteroatoms. The van der Waals surface area contributed by atoms with Gasteiger partial charge >= 0.3 is 12.1 Å². The van der Waals surface area contributed by atoms with Gasteiger partial charge in [0.15, 0.2) is 5.13 Å². The number of β-lactam (4-membered cyclic amide) rings is 1. The first-order chi connectivity index (χ1) is 17.4. The molecule has 4 N–H and O–H groups in total. The van der Waals surface area contributed by atoms with Gasteiger partial charge in [-0.15, -0.1) is 16.9 Å². The maximum atomic E-state index is 12.8. The predicted octanol–water partition coefficient (Wildman–Crippen LogP) is -0.810. The van der Waals surface area contributed by atoms with Crippen molar-refractivity contribution in [2.45, 2.75) is 22.7 Å². The Hall–Kier alpha value is -3.20. The average molecular weight is 583 g/mol. The van der Waals surface area contributed by atoms with Gasteiger partial charge in [-0.2, -0.15) is 22.5 Å². The largest absolute Gasteiger partial charge is 0.481 e. The van der Waals surface area contributed by atoms with E-state index in [4.69, 9.17) is 5.73 Å². The van der Waals surface area contributed by atoms with Crippen molar-refractivity contribution in [3.8, 4) is 0 Å². The third-order valence-electron chi connectivity index (χ3n) is 5.20. The molecule has 0 radical (unpaired) electrons. The molecule has 2 amide bonds. The number of aromatic nitrogens is 6. The third-order valence-corrected chi connectivity index (χ3v) is 8.63. The zero-order valence-electron chi connectivity index (χ0n) is 18.6. The summed E-state index contributed by atoms with van der Waals surface area (Å²) in [7, 11) is 1.61. The summed E-state index contributed by atoms with van der Waals surface area (Å²) in [6.45, 7) is -1.89. The first kappa shape index (κ1) is 26.9. The van der Waals surface area contributed by atoms with Crippen molar-refractivity contribution in [2.24, 2.45) is 17.6 Å². The van der Waals surface area contributed by atoms with Crippen LogP contribution in [0.3, 0.4) is 0 Å². The maximum Gasteiger partial charge on any atom is 0.425 e. The molecule has 0 saturated carbocycles. The minimum Gasteiger partial charge on any atom is -0.481 e. The summed E-state index contributed by atoms with van der Waals surface area (Å²) in [5.41, 5.74) is 3.49. The molecule has 2 unspecified atom stereocenters. The second kappa shape index (κ2) is 10.3. The number of carboxylic acid groups (broad SMARTS) is 1. The summed E-state index contributed by atoms with van der Waals surface area (Å²) in [4.78, 5) is 47.1. The highest BCUT2D eigenvalue weighted by molar-refractivity contribution is 8.00. The number of hydrogen-bond acceptors (Lipinski definition) is 14. The number of oxime groups is 1. The molecule has 3 atom stereocenters. The Morgan fingerprint density at radius 2 is 2.19 bits per heavy atom. The van der Waals surface area contributed by atoms with Gasteiger partial charge in [0.1, 0.15) is 16.8 Å². The number of rotatable bonds is 9. The van der Waals surface area contributed by atoms with Crippen LogP contribution in [-0.4, -0.2) is 105 Å². The molecule has 0 bridgehead atoms. The minimum atomic E-state index is -4.71. The number of nitrogens with two attached hydrogens (primary N) is 1. The quantitative estimate of drug-likeness (QED) is 0.143. The average Bonchev–Trinajstić information content (AvgIpc) is 3.45. The fourth-order valence-corrected chi connectivity index (χ4v) is 6.49. The van der Waals surface area contributed by atoms with Crippen LogP contribution in [-0.2, 0) is 26.3 Å². The fraction of sp³-hybridized carbons (Fsp3) is 0.562. The monoisotopic (exact) mass is 582 g/mol. The highest BCUT2D eigenvalue weighted by Gasteiger charge is 2.57. The number of aliphatic carboxylic acids is 1. The molecule has 2 aromatic rings. The first-order valence-electron chi connectivity index (χ1n) is 10.1. The van der Waals surface area contributed by atoms with Gasteiger partial charge in [-0.1, -0.05) is 16.9 Å². The molecule has 2 aromatic heterocycles. The van der Waals surface area contributed by atoms with E-state index in [1.165, 1.54) is 9.58 Å². The van der Waals surface area contributed by atoms with Gasteiger partial charge in [0, 0.05) is 36.6 Å². The number of nitrogen functional groups attached to an aromatic ring is 1. The van der Waals surface area contributed by atoms with E-state index in [2.05, 4.69) is 40.2 Å². The second-order valence-electron chi connectivity index (χ2n) is 7.86. The molecule has 15 nitrogen and oxygen atoms in total. The summed E-state index contributed by atoms with van der Waals surface area (Å²) in [6.07, 6.45) is -4.71. The van der Waals surface area contributed by atoms with E-state index in [0.29, 0.717) is 16.7 Å². The summed E-state index contributed by atoms with van der Waals surface area (Å²) in [6, 6.07) is -1.08. The second-order valence-corrected chi connectivity index (χ2v) is 10.7. The lowest BCUT2D eigenvalue weighted by Crippen LogP contribution is -2.74. The SMILES string of the molecule is Cn1nnnc1SCC1(C(=O)O)CS[C@@H]2C(NC(=O)C(=NOCC(F)(F)F)c3nsc(N)n3)C(=O)N2C1. The van der Waals surface area contributed by atoms with Crippen molar-refractivity contribution < 1.29 is 37.5 Å². The van der Waals surface area contributed by atoms with Gasteiger partial charge < -0.3 is 25.9 Å². The van der Waals surface area contributed by atoms with Crippen LogP contribution in [0.4, 0.5) is 18.3 Å². The highest BCUT2D eigenvalue weighted by Crippen LogP contribution is 2.44. The Morgan fingerprint density at radius 3 is 2.78 bits per heavy atom. The number of amides is 2. The number of tetrazole rings is 1. The van der Waals surface area contributed by atoms with Crippen molar-refractivity contribution in [1.82, 2.24) is 39.8 Å². The van der Waals surface area contributed by atoms with Gasteiger partial charge in [0.05, 0.1) is 0 Å². The molecule has 2 aliphatic rings. The lowest BCUT2D eigenvalue weighted by molar-refractivity contribution is -0.174. The molecular formula is C16H17F3N10O5S3. The predicted molar refractivity (Wildman–Crippen MR) is 122 cm³/mol. The molecule has 4 rings (SSSR count). The third kappa shape index (κ3) is 5.71. The molecule has 0 spiro atoms. The highest BCUT2D eigenvalue weighted by atomic mass is 32.2. The van der Waals surface area contributed by atoms with Crippen molar-refractivity contribution in [2.75, 3.05) is 30.4 Å². The van der Waals surface area contributed by atoms with Crippen LogP contribution in [0.2, 0.25) is 0 Å². The van der Waals surface area contributed by atoms with E-state index < -0.39 is 53.1 Å². The van der Waals surface area contributed by atoms with E-state index in [0.717, 1.165) is 23.5 Å². The summed E-state index contributed by atoms with van der Waals surface area (Å²) < 4.78 is 42.5. The molecule has 2 aliphatic heterocycles. The number of nitrogens with zero attached hydrogens (tertiary/aromatic N) is 8. The molecule has 2 saturated heterocycles. The normalized spacial score (nSPS) is 23.8. The number of anilines is 1. The Kier molecular flexibility index (Phi) is 7.46. The Labute approximate surface area is 217 Å². The molecular weight excluding hydrogens is 565 g/mol. The van der Waals surface area contributed by atoms with Crippen molar-refractivity contribution in [1.29, 1.82) is 0 Å². The Bertz CT molecular complexity index is 1240. The number of carbonyl (C=O) groups is 3. The van der Waals surface area contributed by atoms with Crippen molar-refractivity contribution in [3.63, 3.8) is 0 Å². The number of carbonyl (C=O) groups excluding carboxylic acids is 2. The van der Waals surface area contributed by atoms with Crippen LogP contribution in [0.15, 0.2) is 10.3 Å². The van der Waals surface area contributed by atoms with E-state index in [1.807, 2.05) is 0 Å². The van der Waals surface area contributed by atoms with E-state index in [1.54, 1.807) is 7.05 Å². The van der Waals surface area contributed by atoms with Crippen LogP contribution in [0.1, 0.15) is 5.82 Å². The lowest BCUT2D eigenvalue weighted by atomic mass is 9.89. The zero-order valence-corrected chi connectivity index (χ0v) is 21.0. The lowest BCUT2D eigenvalue weighted by Gasteiger charge is -2.53. The molecule has 0 aromatic carbocycles. The maximum absolute atomic E-state index is 12.8. The number of hydrogen-bond donors (Lipinski definition) is 3. The number of carboxylic acids is 1. The summed E-state index contributed by atoms with van der Waals surface area (Å²) in [5.74, 6) is -2.91. The van der Waals surface area contributed by atoms with Crippen LogP contribution in [0.5, 0.6) is 0 Å². The topological polar surface area (TPSA) is 204 Å². The van der Waals surface area contributed by atoms with Crippen LogP contribution in [0.25, 0.3) is 0 Å². The molecule has 0 aliphatic carbocycles. The minimum absolute atomic E-state index is 0.0694. The van der Waals surface area contributed by atoms with Gasteiger partial charge in [0.2, 0.25) is 29.2 Å². The number of nitrogens with one attached hydrogen (secondary N) is 1. The van der Waals surface area contributed by atoms with Crippen LogP contribution < -0.4 is 11.1 Å². The smallest absolute Gasteiger partial charge is 0.425 e. The first-order valence-corrected chi connectivity index (χ1v) is 12.9. The molecule has 37 heavy (non-hydrogen) atoms. The number of aryl methyl sites for hydroxylation is 1. The van der Waals surface area contributed by atoms with Gasteiger partial charge in [0.25, 0.3) is 5.91 Å². The molecule has 2 fully saturated rings. The van der Waals surface area contributed by atoms with E-state index in [-0.39, 0.29) is 29.0 Å². The number of thioether (sulfide) groups is 2. The van der Waals surface area contributed by atoms with Gasteiger partial charge in [-0.3, -0.25) is 14.4 Å². The Morgan fingerprint density at radius 1 is 1.43 bits per heavy atom. The van der Waals surface area contributed by atoms with Gasteiger partial charge in [-0.25, -0.2) is 4.68 Å². The number of halogens is 3. The Balaban J connectivity index is 1.43. The van der Waals surface area contributed by atoms with Gasteiger partial charge in [-0.05, 0) is 10.4 Å². The summed E-state index contributed by atoms with van der Waals surface area (Å²) >= 11 is 2.96. The number of alkyl halides is 3. The fourth-order valence-electron chi connectivity index (χ4n) is 3.35. The van der Waals surface area contributed by atoms with Crippen LogP contribution >= 0.6 is 35.1 Å². The standard InChI is InChI=1S/C16H17F3N10O5S3/c1-28-14(23-26-27-28)36-5-15(12(32)33)2-29-10(31)7(11(29)35-4-15)21-9(30)6(8-22-13(20)37-25-8)24-34-3-16(17,18)19/h7,11H,2-5H2,1H3,(H,21,30)(H,32,33)(H2,20,22,25)/t7?,11-,15?/m1/s1. The van der Waals surface area contributed by atoms with Crippen molar-refractivity contribution in [3.05, 3.63) is 5.82 Å². The van der Waals surface area contributed by atoms with E-state index in [9.17, 15) is 32.7 Å². The van der Waals surface area contributed by atoms with Crippen molar-refractivity contribution >= 4 is 63.7 Å². The van der Waals surface area contributed by atoms with Crippen LogP contribution in [0, 0.1) is 5.41 Å². The zero-order chi connectivity index (χ0) is 27.0. The molecule has 4 heterocycles. The molecule has 200 valence electrons. The number of fused-ring (bicyclic) bond motifs is 1.